The van der Waals surface area contributed by atoms with E-state index in [-0.39, 0.29) is 17.7 Å². The molecule has 2 heterocycles. The number of fused-ring (bicyclic) bond motifs is 1. The zero-order valence-electron chi connectivity index (χ0n) is 13.1. The number of hydrogen-bond donors (Lipinski definition) is 1. The lowest BCUT2D eigenvalue weighted by molar-refractivity contribution is 0.571. The first-order valence-corrected chi connectivity index (χ1v) is 8.09. The lowest BCUT2D eigenvalue weighted by atomic mass is 9.92. The second-order valence-corrected chi connectivity index (χ2v) is 5.88. The summed E-state index contributed by atoms with van der Waals surface area (Å²) >= 11 is 0. The molecule has 1 N–H and O–H groups in total. The van der Waals surface area contributed by atoms with Crippen molar-refractivity contribution in [2.24, 2.45) is 0 Å². The van der Waals surface area contributed by atoms with Gasteiger partial charge in [0.25, 0.3) is 0 Å². The summed E-state index contributed by atoms with van der Waals surface area (Å²) in [5.74, 6) is 0.674. The van der Waals surface area contributed by atoms with Crippen LogP contribution in [0.4, 0.5) is 10.2 Å². The summed E-state index contributed by atoms with van der Waals surface area (Å²) in [6.45, 7) is 0. The third kappa shape index (κ3) is 2.85. The van der Waals surface area contributed by atoms with Crippen molar-refractivity contribution >= 4 is 5.82 Å². The van der Waals surface area contributed by atoms with Crippen molar-refractivity contribution in [3.8, 4) is 11.4 Å². The molecule has 0 saturated heterocycles. The van der Waals surface area contributed by atoms with Crippen LogP contribution >= 0.6 is 0 Å². The van der Waals surface area contributed by atoms with Gasteiger partial charge in [-0.3, -0.25) is 0 Å². The van der Waals surface area contributed by atoms with Crippen molar-refractivity contribution in [3.63, 3.8) is 0 Å². The van der Waals surface area contributed by atoms with E-state index in [1.807, 2.05) is 36.5 Å². The predicted octanol–water partition coefficient (Wildman–Crippen LogP) is 4.17. The van der Waals surface area contributed by atoms with Crippen LogP contribution in [0.1, 0.15) is 30.1 Å². The minimum Gasteiger partial charge on any atom is -0.361 e. The van der Waals surface area contributed by atoms with Gasteiger partial charge in [0, 0.05) is 29.2 Å². The molecule has 1 aliphatic rings. The van der Waals surface area contributed by atoms with Crippen molar-refractivity contribution in [1.82, 2.24) is 15.0 Å². The van der Waals surface area contributed by atoms with Crippen LogP contribution in [0, 0.1) is 5.82 Å². The van der Waals surface area contributed by atoms with E-state index in [0.717, 1.165) is 41.9 Å². The standard InChI is InChI=1S/C19H17FN4/c20-15-8-5-11-21-19(15)24-17-10-4-9-16-14(17)12-22-18(23-16)13-6-2-1-3-7-13/h1-3,5-8,11-12,17H,4,9-10H2,(H,21,24)/t17-/m1/s1. The Bertz CT molecular complexity index is 851. The molecule has 120 valence electrons. The Labute approximate surface area is 139 Å². The maximum Gasteiger partial charge on any atom is 0.165 e. The number of halogens is 1. The summed E-state index contributed by atoms with van der Waals surface area (Å²) in [5, 5.41) is 3.20. The molecule has 5 heteroatoms. The van der Waals surface area contributed by atoms with Crippen molar-refractivity contribution < 1.29 is 4.39 Å². The fourth-order valence-corrected chi connectivity index (χ4v) is 3.08. The van der Waals surface area contributed by atoms with Crippen molar-refractivity contribution in [3.05, 3.63) is 71.9 Å². The van der Waals surface area contributed by atoms with E-state index < -0.39 is 0 Å². The van der Waals surface area contributed by atoms with Gasteiger partial charge >= 0.3 is 0 Å². The molecule has 2 aromatic heterocycles. The fourth-order valence-electron chi connectivity index (χ4n) is 3.08. The highest BCUT2D eigenvalue weighted by atomic mass is 19.1. The zero-order valence-corrected chi connectivity index (χ0v) is 13.1. The molecule has 1 aromatic carbocycles. The van der Waals surface area contributed by atoms with Crippen LogP contribution in [0.15, 0.2) is 54.9 Å². The second kappa shape index (κ2) is 6.35. The van der Waals surface area contributed by atoms with Gasteiger partial charge in [-0.1, -0.05) is 30.3 Å². The molecule has 0 amide bonds. The smallest absolute Gasteiger partial charge is 0.165 e. The van der Waals surface area contributed by atoms with Crippen LogP contribution in [0.3, 0.4) is 0 Å². The van der Waals surface area contributed by atoms with Gasteiger partial charge in [0.15, 0.2) is 17.5 Å². The maximum atomic E-state index is 13.8. The van der Waals surface area contributed by atoms with Gasteiger partial charge in [0.1, 0.15) is 0 Å². The Hall–Kier alpha value is -2.82. The summed E-state index contributed by atoms with van der Waals surface area (Å²) in [5.41, 5.74) is 3.07. The molecule has 0 bridgehead atoms. The minimum atomic E-state index is -0.341. The molecule has 0 unspecified atom stereocenters. The normalized spacial score (nSPS) is 16.5. The molecule has 1 aliphatic carbocycles. The summed E-state index contributed by atoms with van der Waals surface area (Å²) in [6, 6.07) is 12.9. The molecule has 0 aliphatic heterocycles. The molecule has 1 atom stereocenters. The van der Waals surface area contributed by atoms with Crippen LogP contribution in [-0.2, 0) is 6.42 Å². The summed E-state index contributed by atoms with van der Waals surface area (Å²) < 4.78 is 13.8. The van der Waals surface area contributed by atoms with Gasteiger partial charge in [-0.2, -0.15) is 0 Å². The van der Waals surface area contributed by atoms with E-state index in [0.29, 0.717) is 0 Å². The molecule has 0 saturated carbocycles. The van der Waals surface area contributed by atoms with Crippen molar-refractivity contribution in [2.75, 3.05) is 5.32 Å². The van der Waals surface area contributed by atoms with E-state index in [1.54, 1.807) is 12.3 Å². The predicted molar refractivity (Wildman–Crippen MR) is 91.0 cm³/mol. The molecular formula is C19H17FN4. The molecule has 0 fully saturated rings. The minimum absolute atomic E-state index is 0.0111. The molecular weight excluding hydrogens is 303 g/mol. The van der Waals surface area contributed by atoms with Gasteiger partial charge in [0.2, 0.25) is 0 Å². The first-order chi connectivity index (χ1) is 11.8. The third-order valence-electron chi connectivity index (χ3n) is 4.28. The third-order valence-corrected chi connectivity index (χ3v) is 4.28. The van der Waals surface area contributed by atoms with Gasteiger partial charge in [-0.15, -0.1) is 0 Å². The number of benzene rings is 1. The molecule has 4 nitrogen and oxygen atoms in total. The van der Waals surface area contributed by atoms with Crippen molar-refractivity contribution in [1.29, 1.82) is 0 Å². The van der Waals surface area contributed by atoms with Gasteiger partial charge in [-0.25, -0.2) is 19.3 Å². The summed E-state index contributed by atoms with van der Waals surface area (Å²) in [7, 11) is 0. The zero-order chi connectivity index (χ0) is 16.4. The highest BCUT2D eigenvalue weighted by Gasteiger charge is 2.23. The van der Waals surface area contributed by atoms with Crippen LogP contribution in [0.5, 0.6) is 0 Å². The first kappa shape index (κ1) is 14.8. The highest BCUT2D eigenvalue weighted by molar-refractivity contribution is 5.55. The van der Waals surface area contributed by atoms with Gasteiger partial charge in [-0.05, 0) is 31.4 Å². The van der Waals surface area contributed by atoms with Crippen molar-refractivity contribution in [2.45, 2.75) is 25.3 Å². The van der Waals surface area contributed by atoms with E-state index >= 15 is 0 Å². The van der Waals surface area contributed by atoms with Crippen LogP contribution in [-0.4, -0.2) is 15.0 Å². The Kier molecular flexibility index (Phi) is 3.91. The van der Waals surface area contributed by atoms with Gasteiger partial charge in [0.05, 0.1) is 6.04 Å². The first-order valence-electron chi connectivity index (χ1n) is 8.09. The average Bonchev–Trinajstić information content (AvgIpc) is 2.64. The lowest BCUT2D eigenvalue weighted by Gasteiger charge is -2.26. The van der Waals surface area contributed by atoms with Crippen LogP contribution < -0.4 is 5.32 Å². The average molecular weight is 320 g/mol. The second-order valence-electron chi connectivity index (χ2n) is 5.88. The number of hydrogen-bond acceptors (Lipinski definition) is 4. The van der Waals surface area contributed by atoms with Gasteiger partial charge < -0.3 is 5.32 Å². The summed E-state index contributed by atoms with van der Waals surface area (Å²) in [6.07, 6.45) is 6.29. The fraction of sp³-hybridized carbons (Fsp3) is 0.211. The molecule has 24 heavy (non-hydrogen) atoms. The number of anilines is 1. The number of nitrogens with one attached hydrogen (secondary N) is 1. The Morgan fingerprint density at radius 1 is 1.04 bits per heavy atom. The lowest BCUT2D eigenvalue weighted by Crippen LogP contribution is -2.20. The quantitative estimate of drug-likeness (QED) is 0.787. The molecule has 4 rings (SSSR count). The Balaban J connectivity index is 1.65. The molecule has 0 spiro atoms. The highest BCUT2D eigenvalue weighted by Crippen LogP contribution is 2.32. The van der Waals surface area contributed by atoms with Crippen LogP contribution in [0.25, 0.3) is 11.4 Å². The SMILES string of the molecule is Fc1cccnc1N[C@@H]1CCCc2nc(-c3ccccc3)ncc21. The molecule has 3 aromatic rings. The topological polar surface area (TPSA) is 50.7 Å². The monoisotopic (exact) mass is 320 g/mol. The number of pyridine rings is 1. The van der Waals surface area contributed by atoms with E-state index in [9.17, 15) is 4.39 Å². The van der Waals surface area contributed by atoms with E-state index in [2.05, 4.69) is 15.3 Å². The number of nitrogens with zero attached hydrogens (tertiary/aromatic N) is 3. The largest absolute Gasteiger partial charge is 0.361 e. The van der Waals surface area contributed by atoms with E-state index in [1.165, 1.54) is 6.07 Å². The maximum absolute atomic E-state index is 13.8. The summed E-state index contributed by atoms with van der Waals surface area (Å²) in [4.78, 5) is 13.3. The Morgan fingerprint density at radius 2 is 1.92 bits per heavy atom. The number of rotatable bonds is 3. The Morgan fingerprint density at radius 3 is 2.75 bits per heavy atom. The number of aromatic nitrogens is 3. The molecule has 0 radical (unpaired) electrons. The van der Waals surface area contributed by atoms with Crippen LogP contribution in [0.2, 0.25) is 0 Å². The number of aryl methyl sites for hydroxylation is 1. The van der Waals surface area contributed by atoms with E-state index in [4.69, 9.17) is 4.98 Å².